The van der Waals surface area contributed by atoms with E-state index in [0.717, 1.165) is 0 Å². The van der Waals surface area contributed by atoms with E-state index in [4.69, 9.17) is 18.9 Å². The lowest BCUT2D eigenvalue weighted by atomic mass is 9.86. The van der Waals surface area contributed by atoms with Gasteiger partial charge in [0, 0.05) is 5.56 Å². The predicted molar refractivity (Wildman–Crippen MR) is 98.6 cm³/mol. The SMILES string of the molecule is CC1(C)C=Cc2c(c(O)cc3c2OCC(c2ccc4c(c2O)OCO4)C3=O)O1. The fourth-order valence-electron chi connectivity index (χ4n) is 3.75. The molecular weight excluding hydrogens is 364 g/mol. The zero-order valence-corrected chi connectivity index (χ0v) is 15.3. The van der Waals surface area contributed by atoms with Crippen LogP contribution in [0.2, 0.25) is 0 Å². The summed E-state index contributed by atoms with van der Waals surface area (Å²) < 4.78 is 22.3. The average Bonchev–Trinajstić information content (AvgIpc) is 3.13. The van der Waals surface area contributed by atoms with Crippen molar-refractivity contribution >= 4 is 11.9 Å². The van der Waals surface area contributed by atoms with Crippen molar-refractivity contribution in [1.29, 1.82) is 0 Å². The average molecular weight is 382 g/mol. The molecule has 0 amide bonds. The number of ketones is 1. The smallest absolute Gasteiger partial charge is 0.231 e. The number of carbonyl (C=O) groups is 1. The molecule has 7 nitrogen and oxygen atoms in total. The van der Waals surface area contributed by atoms with Gasteiger partial charge in [-0.2, -0.15) is 0 Å². The molecule has 0 bridgehead atoms. The van der Waals surface area contributed by atoms with Gasteiger partial charge < -0.3 is 29.2 Å². The fourth-order valence-corrected chi connectivity index (χ4v) is 3.75. The molecule has 3 heterocycles. The normalized spacial score (nSPS) is 20.8. The van der Waals surface area contributed by atoms with Gasteiger partial charge in [0.2, 0.25) is 12.5 Å². The highest BCUT2D eigenvalue weighted by Gasteiger charge is 2.38. The zero-order chi connectivity index (χ0) is 19.6. The number of carbonyl (C=O) groups excluding carboxylic acids is 1. The van der Waals surface area contributed by atoms with Gasteiger partial charge in [0.15, 0.2) is 28.8 Å². The van der Waals surface area contributed by atoms with Gasteiger partial charge in [-0.25, -0.2) is 0 Å². The largest absolute Gasteiger partial charge is 0.504 e. The summed E-state index contributed by atoms with van der Waals surface area (Å²) in [4.78, 5) is 13.2. The molecule has 1 unspecified atom stereocenters. The molecular formula is C21H18O7. The first-order chi connectivity index (χ1) is 13.4. The highest BCUT2D eigenvalue weighted by molar-refractivity contribution is 6.06. The number of phenolic OH excluding ortho intramolecular Hbond substituents is 2. The molecule has 144 valence electrons. The number of rotatable bonds is 1. The first kappa shape index (κ1) is 16.8. The van der Waals surface area contributed by atoms with Gasteiger partial charge in [-0.05, 0) is 38.1 Å². The number of aromatic hydroxyl groups is 2. The highest BCUT2D eigenvalue weighted by atomic mass is 16.7. The van der Waals surface area contributed by atoms with E-state index in [0.29, 0.717) is 28.4 Å². The Labute approximate surface area is 160 Å². The minimum Gasteiger partial charge on any atom is -0.504 e. The number of fused-ring (bicyclic) bond motifs is 4. The summed E-state index contributed by atoms with van der Waals surface area (Å²) in [7, 11) is 0. The summed E-state index contributed by atoms with van der Waals surface area (Å²) in [6.45, 7) is 3.81. The lowest BCUT2D eigenvalue weighted by Gasteiger charge is -2.32. The Morgan fingerprint density at radius 1 is 1.07 bits per heavy atom. The van der Waals surface area contributed by atoms with Crippen LogP contribution in [0.3, 0.4) is 0 Å². The number of hydrogen-bond acceptors (Lipinski definition) is 7. The second-order valence-corrected chi connectivity index (χ2v) is 7.52. The Morgan fingerprint density at radius 3 is 2.71 bits per heavy atom. The molecule has 0 saturated heterocycles. The monoisotopic (exact) mass is 382 g/mol. The van der Waals surface area contributed by atoms with Crippen molar-refractivity contribution in [1.82, 2.24) is 0 Å². The van der Waals surface area contributed by atoms with E-state index < -0.39 is 11.5 Å². The number of benzene rings is 2. The van der Waals surface area contributed by atoms with E-state index in [-0.39, 0.29) is 42.0 Å². The van der Waals surface area contributed by atoms with Crippen molar-refractivity contribution in [2.45, 2.75) is 25.4 Å². The van der Waals surface area contributed by atoms with Gasteiger partial charge in [-0.3, -0.25) is 4.79 Å². The molecule has 0 fully saturated rings. The molecule has 2 aromatic rings. The first-order valence-electron chi connectivity index (χ1n) is 8.92. The van der Waals surface area contributed by atoms with Gasteiger partial charge in [0.1, 0.15) is 18.0 Å². The number of hydrogen-bond donors (Lipinski definition) is 2. The Balaban J connectivity index is 1.58. The van der Waals surface area contributed by atoms with Gasteiger partial charge in [-0.15, -0.1) is 0 Å². The third-order valence-electron chi connectivity index (χ3n) is 5.16. The van der Waals surface area contributed by atoms with Crippen LogP contribution in [0.1, 0.15) is 41.3 Å². The van der Waals surface area contributed by atoms with Crippen molar-refractivity contribution in [3.63, 3.8) is 0 Å². The summed E-state index contributed by atoms with van der Waals surface area (Å²) in [5.41, 5.74) is 0.608. The number of ether oxygens (including phenoxy) is 4. The molecule has 2 N–H and O–H groups in total. The lowest BCUT2D eigenvalue weighted by molar-refractivity contribution is 0.0890. The Bertz CT molecular complexity index is 1050. The van der Waals surface area contributed by atoms with E-state index >= 15 is 0 Å². The Morgan fingerprint density at radius 2 is 1.89 bits per heavy atom. The van der Waals surface area contributed by atoms with E-state index in [1.165, 1.54) is 6.07 Å². The van der Waals surface area contributed by atoms with Gasteiger partial charge in [-0.1, -0.05) is 6.07 Å². The molecule has 1 atom stereocenters. The maximum absolute atomic E-state index is 13.2. The van der Waals surface area contributed by atoms with Crippen LogP contribution < -0.4 is 18.9 Å². The number of phenols is 2. The van der Waals surface area contributed by atoms with Gasteiger partial charge in [0.05, 0.1) is 17.0 Å². The molecule has 28 heavy (non-hydrogen) atoms. The highest BCUT2D eigenvalue weighted by Crippen LogP contribution is 2.50. The summed E-state index contributed by atoms with van der Waals surface area (Å²) in [5, 5.41) is 21.0. The van der Waals surface area contributed by atoms with Crippen molar-refractivity contribution in [2.24, 2.45) is 0 Å². The van der Waals surface area contributed by atoms with Crippen LogP contribution in [0.15, 0.2) is 24.3 Å². The molecule has 2 aromatic carbocycles. The van der Waals surface area contributed by atoms with Crippen molar-refractivity contribution in [3.05, 3.63) is 41.0 Å². The predicted octanol–water partition coefficient (Wildman–Crippen LogP) is 3.37. The summed E-state index contributed by atoms with van der Waals surface area (Å²) in [6, 6.07) is 4.65. The van der Waals surface area contributed by atoms with Crippen molar-refractivity contribution in [2.75, 3.05) is 13.4 Å². The van der Waals surface area contributed by atoms with Crippen molar-refractivity contribution in [3.8, 4) is 34.5 Å². The minimum atomic E-state index is -0.732. The van der Waals surface area contributed by atoms with Crippen LogP contribution in [-0.4, -0.2) is 35.0 Å². The molecule has 3 aliphatic rings. The molecule has 0 aromatic heterocycles. The first-order valence-corrected chi connectivity index (χ1v) is 8.92. The Hall–Kier alpha value is -3.35. The molecule has 3 aliphatic heterocycles. The summed E-state index contributed by atoms with van der Waals surface area (Å²) in [5.74, 6) is 0.0808. The van der Waals surface area contributed by atoms with Crippen LogP contribution >= 0.6 is 0 Å². The second-order valence-electron chi connectivity index (χ2n) is 7.52. The quantitative estimate of drug-likeness (QED) is 0.781. The lowest BCUT2D eigenvalue weighted by Crippen LogP contribution is -2.30. The maximum atomic E-state index is 13.2. The minimum absolute atomic E-state index is 0.0208. The third kappa shape index (κ3) is 2.32. The molecule has 0 aliphatic carbocycles. The van der Waals surface area contributed by atoms with Gasteiger partial charge in [0.25, 0.3) is 0 Å². The van der Waals surface area contributed by atoms with Crippen LogP contribution in [0.4, 0.5) is 0 Å². The van der Waals surface area contributed by atoms with E-state index in [1.807, 2.05) is 19.9 Å². The molecule has 0 spiro atoms. The van der Waals surface area contributed by atoms with Crippen LogP contribution in [0.5, 0.6) is 34.5 Å². The maximum Gasteiger partial charge on any atom is 0.231 e. The molecule has 0 saturated carbocycles. The topological polar surface area (TPSA) is 94.5 Å². The molecule has 7 heteroatoms. The Kier molecular flexibility index (Phi) is 3.34. The van der Waals surface area contributed by atoms with E-state index in [9.17, 15) is 15.0 Å². The second kappa shape index (κ2) is 5.58. The fraction of sp³-hybridized carbons (Fsp3) is 0.286. The van der Waals surface area contributed by atoms with Crippen molar-refractivity contribution < 1.29 is 34.0 Å². The van der Waals surface area contributed by atoms with Crippen LogP contribution in [0.25, 0.3) is 6.08 Å². The number of Topliss-reactive ketones (excluding diaryl/α,β-unsaturated/α-hetero) is 1. The van der Waals surface area contributed by atoms with E-state index in [1.54, 1.807) is 18.2 Å². The molecule has 0 radical (unpaired) electrons. The van der Waals surface area contributed by atoms with E-state index in [2.05, 4.69) is 0 Å². The summed E-state index contributed by atoms with van der Waals surface area (Å²) >= 11 is 0. The van der Waals surface area contributed by atoms with Crippen LogP contribution in [-0.2, 0) is 0 Å². The molecule has 5 rings (SSSR count). The summed E-state index contributed by atoms with van der Waals surface area (Å²) in [6.07, 6.45) is 3.64. The van der Waals surface area contributed by atoms with Gasteiger partial charge >= 0.3 is 0 Å². The zero-order valence-electron chi connectivity index (χ0n) is 15.3. The third-order valence-corrected chi connectivity index (χ3v) is 5.16. The van der Waals surface area contributed by atoms with Crippen LogP contribution in [0, 0.1) is 0 Å². The standard InChI is InChI=1S/C21H18O7/c1-21(2)6-5-11-18-12(7-14(22)19(11)28-21)16(23)13(8-25-18)10-3-4-15-20(17(10)24)27-9-26-15/h3-7,13,22,24H,8-9H2,1-2H3.